The van der Waals surface area contributed by atoms with E-state index in [0.717, 1.165) is 18.4 Å². The van der Waals surface area contributed by atoms with Crippen LogP contribution in [0.5, 0.6) is 0 Å². The van der Waals surface area contributed by atoms with Gasteiger partial charge in [0.2, 0.25) is 0 Å². The number of hydrogen-bond acceptors (Lipinski definition) is 3. The molecular formula is C15H23NO2. The van der Waals surface area contributed by atoms with E-state index < -0.39 is 5.54 Å². The number of hydrogen-bond donors (Lipinski definition) is 1. The fraction of sp³-hybridized carbons (Fsp3) is 0.533. The molecule has 100 valence electrons. The number of ether oxygens (including phenoxy) is 1. The molecule has 0 amide bonds. The Bertz CT molecular complexity index is 382. The van der Waals surface area contributed by atoms with Gasteiger partial charge in [0, 0.05) is 5.54 Å². The van der Waals surface area contributed by atoms with Crippen LogP contribution in [-0.4, -0.2) is 12.6 Å². The summed E-state index contributed by atoms with van der Waals surface area (Å²) in [5, 5.41) is 0. The van der Waals surface area contributed by atoms with Gasteiger partial charge in [-0.2, -0.15) is 0 Å². The van der Waals surface area contributed by atoms with Gasteiger partial charge >= 0.3 is 5.97 Å². The Morgan fingerprint density at radius 2 is 1.89 bits per heavy atom. The molecule has 18 heavy (non-hydrogen) atoms. The Hall–Kier alpha value is -1.35. The quantitative estimate of drug-likeness (QED) is 0.789. The predicted octanol–water partition coefficient (Wildman–Crippen LogP) is 2.77. The topological polar surface area (TPSA) is 52.3 Å². The minimum Gasteiger partial charge on any atom is -0.466 e. The number of carbonyl (C=O) groups is 1. The fourth-order valence-corrected chi connectivity index (χ4v) is 1.95. The molecule has 1 aromatic rings. The summed E-state index contributed by atoms with van der Waals surface area (Å²) in [7, 11) is 0. The lowest BCUT2D eigenvalue weighted by atomic mass is 9.89. The lowest BCUT2D eigenvalue weighted by Crippen LogP contribution is -2.36. The van der Waals surface area contributed by atoms with Crippen molar-refractivity contribution in [3.63, 3.8) is 0 Å². The summed E-state index contributed by atoms with van der Waals surface area (Å²) >= 11 is 0. The molecular weight excluding hydrogens is 226 g/mol. The zero-order chi connectivity index (χ0) is 13.6. The highest BCUT2D eigenvalue weighted by Gasteiger charge is 2.25. The molecule has 0 bridgehead atoms. The number of benzene rings is 1. The second-order valence-corrected chi connectivity index (χ2v) is 4.85. The Morgan fingerprint density at radius 1 is 1.28 bits per heavy atom. The molecule has 0 heterocycles. The molecule has 3 heteroatoms. The Kier molecular flexibility index (Phi) is 5.35. The van der Waals surface area contributed by atoms with Crippen LogP contribution in [0.3, 0.4) is 0 Å². The van der Waals surface area contributed by atoms with Gasteiger partial charge in [0.25, 0.3) is 0 Å². The molecule has 2 N–H and O–H groups in total. The normalized spacial score (nSPS) is 14.0. The summed E-state index contributed by atoms with van der Waals surface area (Å²) in [5.74, 6) is -0.250. The van der Waals surface area contributed by atoms with Crippen LogP contribution in [-0.2, 0) is 21.5 Å². The summed E-state index contributed by atoms with van der Waals surface area (Å²) in [5.41, 5.74) is 7.79. The molecule has 1 aromatic carbocycles. The molecule has 1 rings (SSSR count). The largest absolute Gasteiger partial charge is 0.466 e. The second kappa shape index (κ2) is 6.55. The molecule has 0 fully saturated rings. The van der Waals surface area contributed by atoms with Crippen LogP contribution in [0, 0.1) is 0 Å². The molecule has 0 aliphatic heterocycles. The monoisotopic (exact) mass is 249 g/mol. The number of nitrogens with two attached hydrogens (primary N) is 1. The van der Waals surface area contributed by atoms with Crippen LogP contribution in [0.1, 0.15) is 44.7 Å². The van der Waals surface area contributed by atoms with Crippen LogP contribution in [0.4, 0.5) is 0 Å². The number of aryl methyl sites for hydroxylation is 1. The summed E-state index contributed by atoms with van der Waals surface area (Å²) in [6.45, 7) is 6.20. The van der Waals surface area contributed by atoms with Gasteiger partial charge in [0.05, 0.1) is 13.0 Å². The van der Waals surface area contributed by atoms with E-state index in [0.29, 0.717) is 6.61 Å². The van der Waals surface area contributed by atoms with Crippen molar-refractivity contribution in [1.82, 2.24) is 0 Å². The second-order valence-electron chi connectivity index (χ2n) is 4.85. The summed E-state index contributed by atoms with van der Waals surface area (Å²) in [6.07, 6.45) is 2.40. The molecule has 1 atom stereocenters. The van der Waals surface area contributed by atoms with Crippen molar-refractivity contribution in [3.05, 3.63) is 35.4 Å². The maximum atomic E-state index is 11.5. The first-order valence-corrected chi connectivity index (χ1v) is 6.53. The minimum absolute atomic E-state index is 0.202. The SMILES string of the molecule is CCCc1ccc(C(C)(N)CC(=O)OCC)cc1. The summed E-state index contributed by atoms with van der Waals surface area (Å²) < 4.78 is 4.94. The van der Waals surface area contributed by atoms with Gasteiger partial charge in [-0.25, -0.2) is 0 Å². The van der Waals surface area contributed by atoms with Gasteiger partial charge in [0.1, 0.15) is 0 Å². The molecule has 3 nitrogen and oxygen atoms in total. The van der Waals surface area contributed by atoms with Crippen LogP contribution >= 0.6 is 0 Å². The van der Waals surface area contributed by atoms with Gasteiger partial charge < -0.3 is 10.5 Å². The minimum atomic E-state index is -0.670. The van der Waals surface area contributed by atoms with Crippen molar-refractivity contribution in [2.75, 3.05) is 6.61 Å². The highest BCUT2D eigenvalue weighted by Crippen LogP contribution is 2.22. The number of carbonyl (C=O) groups excluding carboxylic acids is 1. The third-order valence-electron chi connectivity index (χ3n) is 2.97. The van der Waals surface area contributed by atoms with E-state index in [4.69, 9.17) is 10.5 Å². The molecule has 0 saturated heterocycles. The average molecular weight is 249 g/mol. The third-order valence-corrected chi connectivity index (χ3v) is 2.97. The van der Waals surface area contributed by atoms with Crippen molar-refractivity contribution in [3.8, 4) is 0 Å². The van der Waals surface area contributed by atoms with E-state index in [1.165, 1.54) is 5.56 Å². The first-order valence-electron chi connectivity index (χ1n) is 6.53. The Labute approximate surface area is 109 Å². The molecule has 0 aliphatic rings. The Balaban J connectivity index is 2.74. The van der Waals surface area contributed by atoms with Crippen LogP contribution in [0.25, 0.3) is 0 Å². The average Bonchev–Trinajstić information content (AvgIpc) is 2.29. The van der Waals surface area contributed by atoms with E-state index >= 15 is 0 Å². The molecule has 0 spiro atoms. The molecule has 0 aliphatic carbocycles. The number of rotatable bonds is 6. The predicted molar refractivity (Wildman–Crippen MR) is 73.2 cm³/mol. The van der Waals surface area contributed by atoms with Gasteiger partial charge in [-0.05, 0) is 31.4 Å². The molecule has 0 radical (unpaired) electrons. The highest BCUT2D eigenvalue weighted by atomic mass is 16.5. The summed E-state index contributed by atoms with van der Waals surface area (Å²) in [4.78, 5) is 11.5. The van der Waals surface area contributed by atoms with Gasteiger partial charge in [-0.3, -0.25) is 4.79 Å². The fourth-order valence-electron chi connectivity index (χ4n) is 1.95. The highest BCUT2D eigenvalue weighted by molar-refractivity contribution is 5.71. The van der Waals surface area contributed by atoms with Crippen molar-refractivity contribution in [2.24, 2.45) is 5.73 Å². The first-order chi connectivity index (χ1) is 8.49. The zero-order valence-electron chi connectivity index (χ0n) is 11.5. The standard InChI is InChI=1S/C15H23NO2/c1-4-6-12-7-9-13(10-8-12)15(3,16)11-14(17)18-5-2/h7-10H,4-6,11,16H2,1-3H3. The third kappa shape index (κ3) is 4.15. The Morgan fingerprint density at radius 3 is 2.39 bits per heavy atom. The lowest BCUT2D eigenvalue weighted by molar-refractivity contribution is -0.144. The molecule has 0 aromatic heterocycles. The van der Waals surface area contributed by atoms with Crippen molar-refractivity contribution in [1.29, 1.82) is 0 Å². The van der Waals surface area contributed by atoms with Gasteiger partial charge in [-0.1, -0.05) is 37.6 Å². The van der Waals surface area contributed by atoms with Gasteiger partial charge in [-0.15, -0.1) is 0 Å². The van der Waals surface area contributed by atoms with E-state index in [-0.39, 0.29) is 12.4 Å². The van der Waals surface area contributed by atoms with Crippen LogP contribution < -0.4 is 5.73 Å². The van der Waals surface area contributed by atoms with E-state index in [1.807, 2.05) is 19.1 Å². The summed E-state index contributed by atoms with van der Waals surface area (Å²) in [6, 6.07) is 8.17. The van der Waals surface area contributed by atoms with Crippen molar-refractivity contribution >= 4 is 5.97 Å². The van der Waals surface area contributed by atoms with Crippen LogP contribution in [0.2, 0.25) is 0 Å². The maximum absolute atomic E-state index is 11.5. The first kappa shape index (κ1) is 14.7. The number of esters is 1. The van der Waals surface area contributed by atoms with E-state index in [9.17, 15) is 4.79 Å². The molecule has 0 saturated carbocycles. The van der Waals surface area contributed by atoms with Crippen molar-refractivity contribution < 1.29 is 9.53 Å². The lowest BCUT2D eigenvalue weighted by Gasteiger charge is -2.24. The van der Waals surface area contributed by atoms with E-state index in [2.05, 4.69) is 19.1 Å². The molecule has 1 unspecified atom stereocenters. The van der Waals surface area contributed by atoms with Gasteiger partial charge in [0.15, 0.2) is 0 Å². The van der Waals surface area contributed by atoms with Crippen molar-refractivity contribution in [2.45, 2.75) is 45.6 Å². The van der Waals surface area contributed by atoms with Crippen LogP contribution in [0.15, 0.2) is 24.3 Å². The zero-order valence-corrected chi connectivity index (χ0v) is 11.5. The van der Waals surface area contributed by atoms with E-state index in [1.54, 1.807) is 6.92 Å². The smallest absolute Gasteiger partial charge is 0.307 e. The maximum Gasteiger partial charge on any atom is 0.307 e.